The first-order chi connectivity index (χ1) is 30.4. The predicted molar refractivity (Wildman–Crippen MR) is 249 cm³/mol. The third-order valence-corrected chi connectivity index (χ3v) is 12.8. The van der Waals surface area contributed by atoms with Gasteiger partial charge in [0, 0.05) is 12.8 Å². The summed E-state index contributed by atoms with van der Waals surface area (Å²) in [4.78, 5) is 35.8. The number of unbranched alkanes of at least 4 members (excludes halogenated alkanes) is 26. The molecule has 1 saturated carbocycles. The van der Waals surface area contributed by atoms with Crippen LogP contribution in [-0.4, -0.2) is 98.3 Å². The van der Waals surface area contributed by atoms with Gasteiger partial charge in [-0.1, -0.05) is 186 Å². The molecule has 1 fully saturated rings. The maximum Gasteiger partial charge on any atom is 0.472 e. The van der Waals surface area contributed by atoms with Crippen LogP contribution in [0.5, 0.6) is 0 Å². The number of carbonyl (C=O) groups is 2. The Bertz CT molecular complexity index is 1200. The highest BCUT2D eigenvalue weighted by molar-refractivity contribution is 7.47. The molecule has 8 atom stereocenters. The first-order valence-electron chi connectivity index (χ1n) is 25.1. The Morgan fingerprint density at radius 1 is 0.492 bits per heavy atom. The van der Waals surface area contributed by atoms with Crippen LogP contribution in [0.25, 0.3) is 0 Å². The maximum absolute atomic E-state index is 12.8. The van der Waals surface area contributed by atoms with Crippen LogP contribution < -0.4 is 0 Å². The Morgan fingerprint density at radius 2 is 0.857 bits per heavy atom. The zero-order chi connectivity index (χ0) is 46.4. The van der Waals surface area contributed by atoms with E-state index >= 15 is 0 Å². The van der Waals surface area contributed by atoms with Gasteiger partial charge in [0.15, 0.2) is 6.10 Å². The number of carbonyl (C=O) groups excluding carboxylic acids is 2. The monoisotopic (exact) mass is 919 g/mol. The second-order valence-corrected chi connectivity index (χ2v) is 19.1. The number of hydrogen-bond acceptors (Lipinski definition) is 12. The molecule has 0 aliphatic heterocycles. The minimum Gasteiger partial charge on any atom is -0.462 e. The molecule has 1 aliphatic carbocycles. The highest BCUT2D eigenvalue weighted by Gasteiger charge is 2.51. The average Bonchev–Trinajstić information content (AvgIpc) is 3.26. The highest BCUT2D eigenvalue weighted by atomic mass is 31.2. The second-order valence-electron chi connectivity index (χ2n) is 17.7. The van der Waals surface area contributed by atoms with Gasteiger partial charge in [0.2, 0.25) is 0 Å². The summed E-state index contributed by atoms with van der Waals surface area (Å²) < 4.78 is 33.6. The van der Waals surface area contributed by atoms with E-state index < -0.39 is 75.7 Å². The number of ether oxygens (including phenoxy) is 2. The summed E-state index contributed by atoms with van der Waals surface area (Å²) in [5, 5.41) is 50.2. The van der Waals surface area contributed by atoms with Crippen LogP contribution >= 0.6 is 7.82 Å². The number of aliphatic hydroxyl groups excluding tert-OH is 5. The Labute approximate surface area is 381 Å². The molecule has 0 spiro atoms. The van der Waals surface area contributed by atoms with Crippen molar-refractivity contribution >= 4 is 19.8 Å². The lowest BCUT2D eigenvalue weighted by atomic mass is 9.85. The molecule has 0 bridgehead atoms. The van der Waals surface area contributed by atoms with E-state index in [4.69, 9.17) is 18.5 Å². The summed E-state index contributed by atoms with van der Waals surface area (Å²) in [6.45, 7) is 3.29. The second kappa shape index (κ2) is 39.5. The van der Waals surface area contributed by atoms with Gasteiger partial charge in [-0.25, -0.2) is 4.57 Å². The molecule has 0 aromatic heterocycles. The fraction of sp³-hybridized carbons (Fsp3) is 0.878. The van der Waals surface area contributed by atoms with Gasteiger partial charge >= 0.3 is 19.8 Å². The van der Waals surface area contributed by atoms with Crippen LogP contribution in [0.15, 0.2) is 24.3 Å². The van der Waals surface area contributed by atoms with Crippen molar-refractivity contribution < 1.29 is 63.1 Å². The molecule has 6 unspecified atom stereocenters. The molecular formula is C49H91O13P. The zero-order valence-electron chi connectivity index (χ0n) is 39.4. The summed E-state index contributed by atoms with van der Waals surface area (Å²) in [6.07, 6.45) is 30.9. The van der Waals surface area contributed by atoms with E-state index in [2.05, 4.69) is 38.2 Å². The van der Waals surface area contributed by atoms with Crippen LogP contribution in [0.1, 0.15) is 219 Å². The maximum atomic E-state index is 12.8. The summed E-state index contributed by atoms with van der Waals surface area (Å²) >= 11 is 0. The van der Waals surface area contributed by atoms with E-state index in [0.29, 0.717) is 12.8 Å². The fourth-order valence-electron chi connectivity index (χ4n) is 7.73. The quantitative estimate of drug-likeness (QED) is 0.0146. The fourth-order valence-corrected chi connectivity index (χ4v) is 8.70. The minimum absolute atomic E-state index is 0.0572. The van der Waals surface area contributed by atoms with E-state index in [0.717, 1.165) is 44.9 Å². The molecule has 0 heterocycles. The zero-order valence-corrected chi connectivity index (χ0v) is 40.3. The van der Waals surface area contributed by atoms with Crippen molar-refractivity contribution in [3.63, 3.8) is 0 Å². The van der Waals surface area contributed by atoms with Crippen molar-refractivity contribution in [1.29, 1.82) is 0 Å². The molecular weight excluding hydrogens is 828 g/mol. The van der Waals surface area contributed by atoms with Crippen molar-refractivity contribution in [3.8, 4) is 0 Å². The molecule has 1 rings (SSSR count). The van der Waals surface area contributed by atoms with E-state index in [9.17, 15) is 44.6 Å². The molecule has 0 radical (unpaired) electrons. The van der Waals surface area contributed by atoms with Gasteiger partial charge in [-0.05, 0) is 44.9 Å². The van der Waals surface area contributed by atoms with Crippen molar-refractivity contribution in [3.05, 3.63) is 24.3 Å². The molecule has 1 aliphatic rings. The van der Waals surface area contributed by atoms with E-state index in [-0.39, 0.29) is 12.8 Å². The average molecular weight is 919 g/mol. The molecule has 6 N–H and O–H groups in total. The molecule has 370 valence electrons. The van der Waals surface area contributed by atoms with Gasteiger partial charge in [-0.15, -0.1) is 0 Å². The molecule has 0 aromatic rings. The van der Waals surface area contributed by atoms with Gasteiger partial charge < -0.3 is 39.9 Å². The number of esters is 2. The first-order valence-corrected chi connectivity index (χ1v) is 26.6. The molecule has 63 heavy (non-hydrogen) atoms. The minimum atomic E-state index is -5.12. The summed E-state index contributed by atoms with van der Waals surface area (Å²) in [6, 6.07) is 0. The van der Waals surface area contributed by atoms with Gasteiger partial charge in [0.25, 0.3) is 0 Å². The first kappa shape index (κ1) is 59.3. The number of phosphoric ester groups is 1. The topological polar surface area (TPSA) is 210 Å². The van der Waals surface area contributed by atoms with Gasteiger partial charge in [-0.2, -0.15) is 0 Å². The van der Waals surface area contributed by atoms with Crippen LogP contribution in [0.2, 0.25) is 0 Å². The normalized spacial score (nSPS) is 21.8. The number of aliphatic hydroxyl groups is 5. The van der Waals surface area contributed by atoms with Crippen LogP contribution in [0, 0.1) is 0 Å². The van der Waals surface area contributed by atoms with Gasteiger partial charge in [0.05, 0.1) is 6.61 Å². The van der Waals surface area contributed by atoms with Gasteiger partial charge in [0.1, 0.15) is 43.2 Å². The van der Waals surface area contributed by atoms with Crippen molar-refractivity contribution in [1.82, 2.24) is 0 Å². The van der Waals surface area contributed by atoms with Crippen molar-refractivity contribution in [2.75, 3.05) is 13.2 Å². The van der Waals surface area contributed by atoms with E-state index in [1.165, 1.54) is 135 Å². The van der Waals surface area contributed by atoms with Crippen LogP contribution in [0.4, 0.5) is 0 Å². The number of rotatable bonds is 42. The predicted octanol–water partition coefficient (Wildman–Crippen LogP) is 10.4. The molecule has 0 aromatic carbocycles. The number of allylic oxidation sites excluding steroid dienone is 4. The standard InChI is InChI=1S/C49H91O13P/c1-3-5-7-9-11-13-15-17-19-20-21-22-24-25-27-29-31-33-35-37-42(50)59-39-41(40-60-63(57,58)62-49-47(55)45(53)44(52)46(54)48(49)56)61-43(51)38-36-34-32-30-28-26-23-18-16-14-12-10-8-6-4-2/h18,23,28,30,41,44-49,52-56H,3-17,19-22,24-27,29,31-40H2,1-2H3,(H,57,58)/b23-18+,30-28+/t41-,44?,45-,46?,47?,48?,49?/m0/s1. The largest absolute Gasteiger partial charge is 0.472 e. The number of phosphoric acid groups is 1. The Kier molecular flexibility index (Phi) is 37.2. The van der Waals surface area contributed by atoms with Gasteiger partial charge in [-0.3, -0.25) is 18.6 Å². The third kappa shape index (κ3) is 31.8. The summed E-state index contributed by atoms with van der Waals surface area (Å²) in [5.41, 5.74) is 0. The van der Waals surface area contributed by atoms with Crippen LogP contribution in [-0.2, 0) is 32.7 Å². The highest BCUT2D eigenvalue weighted by Crippen LogP contribution is 2.47. The third-order valence-electron chi connectivity index (χ3n) is 11.8. The summed E-state index contributed by atoms with van der Waals surface area (Å²) in [7, 11) is -5.12. The van der Waals surface area contributed by atoms with Crippen LogP contribution in [0.3, 0.4) is 0 Å². The lowest BCUT2D eigenvalue weighted by Crippen LogP contribution is -2.64. The smallest absolute Gasteiger partial charge is 0.462 e. The van der Waals surface area contributed by atoms with Crippen molar-refractivity contribution in [2.24, 2.45) is 0 Å². The summed E-state index contributed by atoms with van der Waals surface area (Å²) in [5.74, 6) is -1.13. The Balaban J connectivity index is 2.41. The lowest BCUT2D eigenvalue weighted by molar-refractivity contribution is -0.220. The van der Waals surface area contributed by atoms with E-state index in [1.807, 2.05) is 0 Å². The molecule has 13 nitrogen and oxygen atoms in total. The Morgan fingerprint density at radius 3 is 1.32 bits per heavy atom. The number of hydrogen-bond donors (Lipinski definition) is 6. The Hall–Kier alpha value is -1.67. The molecule has 14 heteroatoms. The molecule has 0 amide bonds. The van der Waals surface area contributed by atoms with Crippen molar-refractivity contribution in [2.45, 2.75) is 262 Å². The SMILES string of the molecule is CCCCCCCC/C=C/C/C=C/CCCCC(=O)O[C@@H](COC(=O)CCCCCCCCCCCCCCCCCCCCC)COP(=O)(O)OC1C(O)C(O)C(O)[C@H](O)C1O. The van der Waals surface area contributed by atoms with E-state index in [1.54, 1.807) is 0 Å². The molecule has 0 saturated heterocycles. The lowest BCUT2D eigenvalue weighted by Gasteiger charge is -2.41.